The van der Waals surface area contributed by atoms with E-state index in [9.17, 15) is 0 Å². The molecular weight excluding hydrogens is 264 g/mol. The third-order valence-electron chi connectivity index (χ3n) is 3.61. The second-order valence-corrected chi connectivity index (χ2v) is 6.23. The molecule has 0 aliphatic carbocycles. The van der Waals surface area contributed by atoms with Crippen LogP contribution in [0.2, 0.25) is 0 Å². The van der Waals surface area contributed by atoms with Crippen molar-refractivity contribution in [2.24, 2.45) is 0 Å². The molecule has 108 valence electrons. The lowest BCUT2D eigenvalue weighted by molar-refractivity contribution is 0.472. The van der Waals surface area contributed by atoms with E-state index in [1.165, 1.54) is 35.4 Å². The summed E-state index contributed by atoms with van der Waals surface area (Å²) in [7, 11) is 0. The first-order valence-electron chi connectivity index (χ1n) is 7.46. The van der Waals surface area contributed by atoms with Crippen molar-refractivity contribution < 1.29 is 0 Å². The zero-order chi connectivity index (χ0) is 14.2. The highest BCUT2D eigenvalue weighted by Crippen LogP contribution is 2.15. The molecule has 0 aliphatic rings. The molecule has 20 heavy (non-hydrogen) atoms. The molecule has 2 aromatic rings. The summed E-state index contributed by atoms with van der Waals surface area (Å²) < 4.78 is 0. The van der Waals surface area contributed by atoms with Gasteiger partial charge in [-0.2, -0.15) is 0 Å². The Labute approximate surface area is 126 Å². The molecule has 0 aliphatic heterocycles. The van der Waals surface area contributed by atoms with Crippen molar-refractivity contribution in [2.45, 2.75) is 45.6 Å². The molecule has 2 heterocycles. The highest BCUT2D eigenvalue weighted by atomic mass is 32.1. The zero-order valence-corrected chi connectivity index (χ0v) is 13.2. The highest BCUT2D eigenvalue weighted by molar-refractivity contribution is 7.09. The first kappa shape index (κ1) is 15.2. The fourth-order valence-electron chi connectivity index (χ4n) is 2.51. The van der Waals surface area contributed by atoms with Gasteiger partial charge in [0, 0.05) is 29.2 Å². The van der Waals surface area contributed by atoms with Gasteiger partial charge in [0.05, 0.1) is 0 Å². The molecule has 2 rings (SSSR count). The number of aryl methyl sites for hydroxylation is 2. The summed E-state index contributed by atoms with van der Waals surface area (Å²) in [5, 5.41) is 5.76. The van der Waals surface area contributed by atoms with Gasteiger partial charge in [0.25, 0.3) is 0 Å². The maximum absolute atomic E-state index is 4.52. The van der Waals surface area contributed by atoms with Crippen molar-refractivity contribution in [3.05, 3.63) is 52.0 Å². The number of pyridine rings is 1. The number of hydrogen-bond acceptors (Lipinski definition) is 3. The average molecular weight is 288 g/mol. The Hall–Kier alpha value is -1.19. The molecule has 1 N–H and O–H groups in total. The van der Waals surface area contributed by atoms with Crippen LogP contribution in [0.4, 0.5) is 0 Å². The SMILES string of the molecule is CCNC(CCCc1cccs1)Cc1ncccc1C. The van der Waals surface area contributed by atoms with E-state index in [1.807, 2.05) is 23.6 Å². The Morgan fingerprint density at radius 1 is 1.30 bits per heavy atom. The molecule has 1 unspecified atom stereocenters. The van der Waals surface area contributed by atoms with E-state index in [-0.39, 0.29) is 0 Å². The standard InChI is InChI=1S/C17H24N2S/c1-3-18-15(8-4-9-16-10-6-12-20-16)13-17-14(2)7-5-11-19-17/h5-7,10-12,15,18H,3-4,8-9,13H2,1-2H3. The lowest BCUT2D eigenvalue weighted by Gasteiger charge is -2.18. The fraction of sp³-hybridized carbons (Fsp3) is 0.471. The van der Waals surface area contributed by atoms with Crippen LogP contribution < -0.4 is 5.32 Å². The van der Waals surface area contributed by atoms with Gasteiger partial charge in [-0.05, 0) is 55.8 Å². The average Bonchev–Trinajstić information content (AvgIpc) is 2.95. The van der Waals surface area contributed by atoms with Crippen LogP contribution in [0.5, 0.6) is 0 Å². The predicted molar refractivity (Wildman–Crippen MR) is 87.4 cm³/mol. The van der Waals surface area contributed by atoms with E-state index in [1.54, 1.807) is 0 Å². The Morgan fingerprint density at radius 2 is 2.20 bits per heavy atom. The summed E-state index contributed by atoms with van der Waals surface area (Å²) in [4.78, 5) is 6.02. The smallest absolute Gasteiger partial charge is 0.0448 e. The van der Waals surface area contributed by atoms with Crippen molar-refractivity contribution in [3.8, 4) is 0 Å². The van der Waals surface area contributed by atoms with Gasteiger partial charge in [-0.15, -0.1) is 11.3 Å². The van der Waals surface area contributed by atoms with E-state index in [4.69, 9.17) is 0 Å². The summed E-state index contributed by atoms with van der Waals surface area (Å²) in [6, 6.07) is 9.07. The third kappa shape index (κ3) is 4.73. The number of nitrogens with zero attached hydrogens (tertiary/aromatic N) is 1. The summed E-state index contributed by atoms with van der Waals surface area (Å²) in [5.74, 6) is 0. The number of hydrogen-bond donors (Lipinski definition) is 1. The number of aromatic nitrogens is 1. The Bertz CT molecular complexity index is 493. The van der Waals surface area contributed by atoms with E-state index in [2.05, 4.69) is 47.7 Å². The van der Waals surface area contributed by atoms with Gasteiger partial charge >= 0.3 is 0 Å². The van der Waals surface area contributed by atoms with Crippen LogP contribution in [0.25, 0.3) is 0 Å². The number of likely N-dealkylation sites (N-methyl/N-ethyl adjacent to an activating group) is 1. The minimum Gasteiger partial charge on any atom is -0.314 e. The molecule has 0 aromatic carbocycles. The van der Waals surface area contributed by atoms with Gasteiger partial charge in [-0.3, -0.25) is 4.98 Å². The molecule has 0 saturated heterocycles. The minimum atomic E-state index is 0.536. The van der Waals surface area contributed by atoms with Crippen molar-refractivity contribution >= 4 is 11.3 Å². The van der Waals surface area contributed by atoms with E-state index in [0.29, 0.717) is 6.04 Å². The van der Waals surface area contributed by atoms with Gasteiger partial charge in [-0.25, -0.2) is 0 Å². The maximum Gasteiger partial charge on any atom is 0.0448 e. The van der Waals surface area contributed by atoms with Crippen LogP contribution in [-0.2, 0) is 12.8 Å². The van der Waals surface area contributed by atoms with Crippen LogP contribution in [-0.4, -0.2) is 17.6 Å². The molecular formula is C17H24N2S. The normalized spacial score (nSPS) is 12.5. The second-order valence-electron chi connectivity index (χ2n) is 5.20. The quantitative estimate of drug-likeness (QED) is 0.794. The van der Waals surface area contributed by atoms with Gasteiger partial charge in [0.15, 0.2) is 0 Å². The summed E-state index contributed by atoms with van der Waals surface area (Å²) in [6.07, 6.45) is 6.58. The lowest BCUT2D eigenvalue weighted by Crippen LogP contribution is -2.31. The van der Waals surface area contributed by atoms with Gasteiger partial charge in [0.2, 0.25) is 0 Å². The molecule has 0 saturated carbocycles. The molecule has 0 amide bonds. The molecule has 0 fully saturated rings. The first-order chi connectivity index (χ1) is 9.79. The maximum atomic E-state index is 4.52. The lowest BCUT2D eigenvalue weighted by atomic mass is 10.0. The highest BCUT2D eigenvalue weighted by Gasteiger charge is 2.10. The van der Waals surface area contributed by atoms with Crippen LogP contribution >= 0.6 is 11.3 Å². The molecule has 2 nitrogen and oxygen atoms in total. The largest absolute Gasteiger partial charge is 0.314 e. The van der Waals surface area contributed by atoms with Crippen LogP contribution in [0.15, 0.2) is 35.8 Å². The topological polar surface area (TPSA) is 24.9 Å². The minimum absolute atomic E-state index is 0.536. The number of nitrogens with one attached hydrogen (secondary N) is 1. The molecule has 2 aromatic heterocycles. The van der Waals surface area contributed by atoms with Crippen molar-refractivity contribution in [3.63, 3.8) is 0 Å². The first-order valence-corrected chi connectivity index (χ1v) is 8.33. The van der Waals surface area contributed by atoms with Crippen molar-refractivity contribution in [1.82, 2.24) is 10.3 Å². The predicted octanol–water partition coefficient (Wildman–Crippen LogP) is 4.00. The summed E-state index contributed by atoms with van der Waals surface area (Å²) in [6.45, 7) is 5.35. The van der Waals surface area contributed by atoms with E-state index in [0.717, 1.165) is 13.0 Å². The Kier molecular flexibility index (Phi) is 6.22. The number of thiophene rings is 1. The van der Waals surface area contributed by atoms with Crippen molar-refractivity contribution in [2.75, 3.05) is 6.54 Å². The second kappa shape index (κ2) is 8.18. The van der Waals surface area contributed by atoms with E-state index >= 15 is 0 Å². The van der Waals surface area contributed by atoms with Crippen molar-refractivity contribution in [1.29, 1.82) is 0 Å². The summed E-state index contributed by atoms with van der Waals surface area (Å²) >= 11 is 1.86. The molecule has 3 heteroatoms. The summed E-state index contributed by atoms with van der Waals surface area (Å²) in [5.41, 5.74) is 2.53. The van der Waals surface area contributed by atoms with Crippen LogP contribution in [0.3, 0.4) is 0 Å². The van der Waals surface area contributed by atoms with Crippen LogP contribution in [0, 0.1) is 6.92 Å². The van der Waals surface area contributed by atoms with Gasteiger partial charge in [0.1, 0.15) is 0 Å². The van der Waals surface area contributed by atoms with Gasteiger partial charge < -0.3 is 5.32 Å². The van der Waals surface area contributed by atoms with E-state index < -0.39 is 0 Å². The Balaban J connectivity index is 1.85. The Morgan fingerprint density at radius 3 is 2.90 bits per heavy atom. The molecule has 1 atom stereocenters. The third-order valence-corrected chi connectivity index (χ3v) is 4.54. The molecule has 0 bridgehead atoms. The van der Waals surface area contributed by atoms with Gasteiger partial charge in [-0.1, -0.05) is 19.1 Å². The number of rotatable bonds is 8. The molecule has 0 radical (unpaired) electrons. The monoisotopic (exact) mass is 288 g/mol. The van der Waals surface area contributed by atoms with Crippen LogP contribution in [0.1, 0.15) is 35.9 Å². The fourth-order valence-corrected chi connectivity index (χ4v) is 3.26. The molecule has 0 spiro atoms. The zero-order valence-electron chi connectivity index (χ0n) is 12.4.